The van der Waals surface area contributed by atoms with Crippen molar-refractivity contribution in [2.45, 2.75) is 6.10 Å². The van der Waals surface area contributed by atoms with Gasteiger partial charge in [-0.2, -0.15) is 0 Å². The smallest absolute Gasteiger partial charge is 0.0956 e. The molecule has 0 amide bonds. The second-order valence-corrected chi connectivity index (χ2v) is 5.25. The number of hydrogen-bond donors (Lipinski definition) is 1. The summed E-state index contributed by atoms with van der Waals surface area (Å²) in [6.45, 7) is 2.62. The molecule has 0 aliphatic carbocycles. The van der Waals surface area contributed by atoms with Crippen LogP contribution in [0.15, 0.2) is 28.9 Å². The lowest BCUT2D eigenvalue weighted by Gasteiger charge is -2.24. The van der Waals surface area contributed by atoms with Crippen LogP contribution in [0.3, 0.4) is 0 Å². The van der Waals surface area contributed by atoms with Gasteiger partial charge in [0.05, 0.1) is 12.7 Å². The number of aryl methyl sites for hydroxylation is 1. The van der Waals surface area contributed by atoms with Gasteiger partial charge in [0.15, 0.2) is 0 Å². The first-order valence-electron chi connectivity index (χ1n) is 5.83. The third kappa shape index (κ3) is 1.90. The molecular weight excluding hydrogens is 280 g/mol. The summed E-state index contributed by atoms with van der Waals surface area (Å²) in [6.07, 6.45) is 2.26. The topological polar surface area (TPSA) is 26.2 Å². The Balaban J connectivity index is 2.15. The van der Waals surface area contributed by atoms with Crippen molar-refractivity contribution in [3.63, 3.8) is 0 Å². The van der Waals surface area contributed by atoms with E-state index in [-0.39, 0.29) is 6.10 Å². The first-order valence-corrected chi connectivity index (χ1v) is 6.62. The van der Waals surface area contributed by atoms with Gasteiger partial charge in [-0.05, 0) is 27.6 Å². The third-order valence-electron chi connectivity index (χ3n) is 3.27. The number of ether oxygens (including phenoxy) is 1. The average Bonchev–Trinajstić information content (AvgIpc) is 2.66. The van der Waals surface area contributed by atoms with Crippen molar-refractivity contribution in [2.75, 3.05) is 19.7 Å². The number of halogens is 1. The van der Waals surface area contributed by atoms with Gasteiger partial charge in [-0.15, -0.1) is 0 Å². The third-order valence-corrected chi connectivity index (χ3v) is 3.88. The van der Waals surface area contributed by atoms with Gasteiger partial charge in [-0.25, -0.2) is 0 Å². The number of rotatable bonds is 1. The molecule has 1 saturated heterocycles. The van der Waals surface area contributed by atoms with Crippen molar-refractivity contribution < 1.29 is 4.74 Å². The summed E-state index contributed by atoms with van der Waals surface area (Å²) < 4.78 is 9.12. The second-order valence-electron chi connectivity index (χ2n) is 4.39. The number of hydrogen-bond acceptors (Lipinski definition) is 2. The number of morpholine rings is 1. The highest BCUT2D eigenvalue weighted by Gasteiger charge is 2.20. The van der Waals surface area contributed by atoms with E-state index in [9.17, 15) is 0 Å². The molecule has 1 N–H and O–H groups in total. The lowest BCUT2D eigenvalue weighted by Crippen LogP contribution is -2.33. The zero-order chi connectivity index (χ0) is 11.8. The lowest BCUT2D eigenvalue weighted by atomic mass is 10.0. The van der Waals surface area contributed by atoms with E-state index in [1.54, 1.807) is 0 Å². The minimum Gasteiger partial charge on any atom is -0.371 e. The monoisotopic (exact) mass is 294 g/mol. The van der Waals surface area contributed by atoms with Gasteiger partial charge in [0.25, 0.3) is 0 Å². The fourth-order valence-corrected chi connectivity index (χ4v) is 3.19. The molecule has 17 heavy (non-hydrogen) atoms. The van der Waals surface area contributed by atoms with Crippen LogP contribution >= 0.6 is 15.9 Å². The summed E-state index contributed by atoms with van der Waals surface area (Å²) in [4.78, 5) is 0. The van der Waals surface area contributed by atoms with Crippen LogP contribution in [0, 0.1) is 0 Å². The van der Waals surface area contributed by atoms with E-state index in [1.807, 2.05) is 0 Å². The van der Waals surface area contributed by atoms with Crippen LogP contribution in [-0.2, 0) is 11.8 Å². The second kappa shape index (κ2) is 4.44. The summed E-state index contributed by atoms with van der Waals surface area (Å²) in [5, 5.41) is 4.64. The molecule has 90 valence electrons. The minimum atomic E-state index is 0.158. The van der Waals surface area contributed by atoms with Crippen molar-refractivity contribution in [3.8, 4) is 0 Å². The molecule has 1 aromatic heterocycles. The van der Waals surface area contributed by atoms with Gasteiger partial charge in [0.1, 0.15) is 0 Å². The minimum absolute atomic E-state index is 0.158. The van der Waals surface area contributed by atoms with Gasteiger partial charge in [-0.1, -0.05) is 12.1 Å². The van der Waals surface area contributed by atoms with E-state index in [2.05, 4.69) is 57.3 Å². The highest BCUT2D eigenvalue weighted by molar-refractivity contribution is 9.10. The number of benzene rings is 1. The summed E-state index contributed by atoms with van der Waals surface area (Å²) in [7, 11) is 2.07. The Labute approximate surface area is 109 Å². The Morgan fingerprint density at radius 3 is 3.12 bits per heavy atom. The van der Waals surface area contributed by atoms with Gasteiger partial charge in [0, 0.05) is 41.7 Å². The van der Waals surface area contributed by atoms with E-state index >= 15 is 0 Å². The molecule has 1 aromatic carbocycles. The average molecular weight is 295 g/mol. The Morgan fingerprint density at radius 2 is 2.35 bits per heavy atom. The lowest BCUT2D eigenvalue weighted by molar-refractivity contribution is 0.0286. The summed E-state index contributed by atoms with van der Waals surface area (Å²) in [5.41, 5.74) is 2.51. The molecule has 1 aliphatic rings. The quantitative estimate of drug-likeness (QED) is 0.875. The molecule has 4 heteroatoms. The SMILES string of the molecule is Cn1cc(Br)c2c(C3CNCCO3)cccc21. The molecule has 1 fully saturated rings. The highest BCUT2D eigenvalue weighted by atomic mass is 79.9. The molecule has 3 nitrogen and oxygen atoms in total. The maximum atomic E-state index is 5.84. The van der Waals surface area contributed by atoms with Crippen molar-refractivity contribution in [1.82, 2.24) is 9.88 Å². The van der Waals surface area contributed by atoms with Gasteiger partial charge in [0.2, 0.25) is 0 Å². The summed E-state index contributed by atoms with van der Waals surface area (Å²) in [6, 6.07) is 6.40. The maximum absolute atomic E-state index is 5.84. The molecule has 1 atom stereocenters. The van der Waals surface area contributed by atoms with Crippen LogP contribution in [0.5, 0.6) is 0 Å². The first-order chi connectivity index (χ1) is 8.27. The molecule has 1 aliphatic heterocycles. The highest BCUT2D eigenvalue weighted by Crippen LogP contribution is 2.33. The number of nitrogens with zero attached hydrogens (tertiary/aromatic N) is 1. The summed E-state index contributed by atoms with van der Waals surface area (Å²) >= 11 is 3.64. The van der Waals surface area contributed by atoms with E-state index in [4.69, 9.17) is 4.74 Å². The summed E-state index contributed by atoms with van der Waals surface area (Å²) in [5.74, 6) is 0. The predicted octanol–water partition coefficient (Wildman–Crippen LogP) is 2.60. The zero-order valence-electron chi connectivity index (χ0n) is 9.74. The Hall–Kier alpha value is -0.840. The van der Waals surface area contributed by atoms with Crippen molar-refractivity contribution in [2.24, 2.45) is 7.05 Å². The van der Waals surface area contributed by atoms with Crippen molar-refractivity contribution in [3.05, 3.63) is 34.4 Å². The van der Waals surface area contributed by atoms with Crippen LogP contribution in [0.4, 0.5) is 0 Å². The van der Waals surface area contributed by atoms with Crippen molar-refractivity contribution >= 4 is 26.8 Å². The van der Waals surface area contributed by atoms with Crippen LogP contribution in [-0.4, -0.2) is 24.3 Å². The fraction of sp³-hybridized carbons (Fsp3) is 0.385. The molecule has 0 bridgehead atoms. The van der Waals surface area contributed by atoms with E-state index < -0.39 is 0 Å². The molecule has 0 radical (unpaired) electrons. The van der Waals surface area contributed by atoms with Crippen LogP contribution in [0.1, 0.15) is 11.7 Å². The predicted molar refractivity (Wildman–Crippen MR) is 72.2 cm³/mol. The van der Waals surface area contributed by atoms with Gasteiger partial charge in [-0.3, -0.25) is 0 Å². The van der Waals surface area contributed by atoms with Gasteiger partial charge < -0.3 is 14.6 Å². The number of aromatic nitrogens is 1. The van der Waals surface area contributed by atoms with Crippen LogP contribution in [0.2, 0.25) is 0 Å². The molecule has 2 aromatic rings. The van der Waals surface area contributed by atoms with E-state index in [0.717, 1.165) is 24.2 Å². The normalized spacial score (nSPS) is 20.9. The molecule has 3 rings (SSSR count). The molecule has 0 spiro atoms. The van der Waals surface area contributed by atoms with E-state index in [0.29, 0.717) is 0 Å². The van der Waals surface area contributed by atoms with Crippen LogP contribution in [0.25, 0.3) is 10.9 Å². The molecule has 1 unspecified atom stereocenters. The van der Waals surface area contributed by atoms with Crippen LogP contribution < -0.4 is 5.32 Å². The standard InChI is InChI=1S/C13H15BrN2O/c1-16-8-10(14)13-9(3-2-4-11(13)16)12-7-15-5-6-17-12/h2-4,8,12,15H,5-7H2,1H3. The Kier molecular flexibility index (Phi) is 2.94. The zero-order valence-corrected chi connectivity index (χ0v) is 11.3. The Morgan fingerprint density at radius 1 is 1.47 bits per heavy atom. The molecule has 0 saturated carbocycles. The molecular formula is C13H15BrN2O. The van der Waals surface area contributed by atoms with Gasteiger partial charge >= 0.3 is 0 Å². The first kappa shape index (κ1) is 11.3. The van der Waals surface area contributed by atoms with Crippen molar-refractivity contribution in [1.29, 1.82) is 0 Å². The fourth-order valence-electron chi connectivity index (χ4n) is 2.45. The Bertz CT molecular complexity index is 544. The number of nitrogens with one attached hydrogen (secondary N) is 1. The molecule has 2 heterocycles. The largest absolute Gasteiger partial charge is 0.371 e. The van der Waals surface area contributed by atoms with E-state index in [1.165, 1.54) is 16.5 Å². The maximum Gasteiger partial charge on any atom is 0.0956 e. The number of fused-ring (bicyclic) bond motifs is 1.